The van der Waals surface area contributed by atoms with Crippen molar-refractivity contribution in [1.29, 1.82) is 0 Å². The molecule has 3 nitrogen and oxygen atoms in total. The topological polar surface area (TPSA) is 43.1 Å². The predicted molar refractivity (Wildman–Crippen MR) is 65.9 cm³/mol. The molecule has 1 rings (SSSR count). The second-order valence-corrected chi connectivity index (χ2v) is 5.41. The molecule has 0 aliphatic carbocycles. The molecular weight excluding hydrogens is 202 g/mol. The van der Waals surface area contributed by atoms with Gasteiger partial charge in [-0.2, -0.15) is 0 Å². The molecule has 0 radical (unpaired) electrons. The molecule has 0 N–H and O–H groups in total. The van der Waals surface area contributed by atoms with Gasteiger partial charge in [-0.3, -0.25) is 10.1 Å². The Labute approximate surface area is 96.6 Å². The highest BCUT2D eigenvalue weighted by atomic mass is 16.6. The molecule has 0 saturated carbocycles. The maximum absolute atomic E-state index is 11.2. The van der Waals surface area contributed by atoms with Gasteiger partial charge in [0.05, 0.1) is 4.92 Å². The molecule has 0 amide bonds. The number of para-hydroxylation sites is 1. The van der Waals surface area contributed by atoms with E-state index in [4.69, 9.17) is 0 Å². The van der Waals surface area contributed by atoms with E-state index in [2.05, 4.69) is 0 Å². The normalized spacial score (nSPS) is 11.9. The van der Waals surface area contributed by atoms with Crippen LogP contribution in [0.4, 0.5) is 5.69 Å². The summed E-state index contributed by atoms with van der Waals surface area (Å²) >= 11 is 0. The van der Waals surface area contributed by atoms with Crippen molar-refractivity contribution in [3.63, 3.8) is 0 Å². The summed E-state index contributed by atoms with van der Waals surface area (Å²) in [5.74, 6) is 0.169. The molecule has 0 saturated heterocycles. The third-order valence-electron chi connectivity index (χ3n) is 2.68. The lowest BCUT2D eigenvalue weighted by atomic mass is 9.83. The number of nitro benzene ring substituents is 1. The highest BCUT2D eigenvalue weighted by molar-refractivity contribution is 5.52. The van der Waals surface area contributed by atoms with Crippen molar-refractivity contribution in [2.24, 2.45) is 0 Å². The fourth-order valence-electron chi connectivity index (χ4n) is 1.84. The summed E-state index contributed by atoms with van der Waals surface area (Å²) in [5.41, 5.74) is 1.71. The van der Waals surface area contributed by atoms with E-state index >= 15 is 0 Å². The van der Waals surface area contributed by atoms with Gasteiger partial charge in [0.1, 0.15) is 0 Å². The van der Waals surface area contributed by atoms with Crippen molar-refractivity contribution < 1.29 is 4.92 Å². The van der Waals surface area contributed by atoms with E-state index in [1.165, 1.54) is 0 Å². The smallest absolute Gasteiger partial charge is 0.258 e. The largest absolute Gasteiger partial charge is 0.276 e. The minimum atomic E-state index is -0.254. The lowest BCUT2D eigenvalue weighted by Gasteiger charge is -2.21. The number of nitrogens with zero attached hydrogens (tertiary/aromatic N) is 1. The van der Waals surface area contributed by atoms with Crippen LogP contribution in [0, 0.1) is 10.1 Å². The Morgan fingerprint density at radius 1 is 1.25 bits per heavy atom. The molecule has 0 unspecified atom stereocenters. The number of rotatable bonds is 2. The monoisotopic (exact) mass is 221 g/mol. The first-order valence-electron chi connectivity index (χ1n) is 5.53. The van der Waals surface area contributed by atoms with E-state index in [0.29, 0.717) is 0 Å². The fraction of sp³-hybridized carbons (Fsp3) is 0.538. The molecule has 1 aromatic carbocycles. The van der Waals surface area contributed by atoms with E-state index in [1.807, 2.05) is 52.8 Å². The van der Waals surface area contributed by atoms with Crippen LogP contribution in [0.2, 0.25) is 0 Å². The molecule has 16 heavy (non-hydrogen) atoms. The summed E-state index contributed by atoms with van der Waals surface area (Å²) in [6, 6.07) is 5.60. The van der Waals surface area contributed by atoms with Crippen LogP contribution in [0.5, 0.6) is 0 Å². The number of nitro groups is 1. The first kappa shape index (κ1) is 12.7. The molecule has 0 aromatic heterocycles. The minimum Gasteiger partial charge on any atom is -0.258 e. The number of hydrogen-bond donors (Lipinski definition) is 0. The summed E-state index contributed by atoms with van der Waals surface area (Å²) in [7, 11) is 0. The molecule has 1 aromatic rings. The summed E-state index contributed by atoms with van der Waals surface area (Å²) in [6.07, 6.45) is 0. The molecule has 0 bridgehead atoms. The van der Waals surface area contributed by atoms with Gasteiger partial charge < -0.3 is 0 Å². The average Bonchev–Trinajstić information content (AvgIpc) is 2.14. The molecule has 88 valence electrons. The number of hydrogen-bond acceptors (Lipinski definition) is 2. The third-order valence-corrected chi connectivity index (χ3v) is 2.68. The van der Waals surface area contributed by atoms with Gasteiger partial charge in [0.25, 0.3) is 5.69 Å². The second kappa shape index (κ2) is 4.24. The SMILES string of the molecule is CC(C)c1cccc(C(C)(C)C)c1[N+](=O)[O-]. The Balaban J connectivity index is 3.52. The van der Waals surface area contributed by atoms with Crippen LogP contribution in [0.15, 0.2) is 18.2 Å². The van der Waals surface area contributed by atoms with E-state index in [9.17, 15) is 10.1 Å². The fourth-order valence-corrected chi connectivity index (χ4v) is 1.84. The van der Waals surface area contributed by atoms with Crippen molar-refractivity contribution >= 4 is 5.69 Å². The highest BCUT2D eigenvalue weighted by Gasteiger charge is 2.28. The summed E-state index contributed by atoms with van der Waals surface area (Å²) < 4.78 is 0. The Kier molecular flexibility index (Phi) is 3.36. The average molecular weight is 221 g/mol. The quantitative estimate of drug-likeness (QED) is 0.559. The van der Waals surface area contributed by atoms with Gasteiger partial charge in [0.15, 0.2) is 0 Å². The molecule has 0 aliphatic rings. The molecule has 0 spiro atoms. The first-order valence-corrected chi connectivity index (χ1v) is 5.53. The molecule has 0 atom stereocenters. The Morgan fingerprint density at radius 2 is 1.81 bits per heavy atom. The lowest BCUT2D eigenvalue weighted by Crippen LogP contribution is -2.15. The van der Waals surface area contributed by atoms with Crippen LogP contribution >= 0.6 is 0 Å². The van der Waals surface area contributed by atoms with Crippen molar-refractivity contribution in [3.05, 3.63) is 39.4 Å². The van der Waals surface area contributed by atoms with Crippen LogP contribution in [0.1, 0.15) is 51.7 Å². The van der Waals surface area contributed by atoms with E-state index in [1.54, 1.807) is 0 Å². The Morgan fingerprint density at radius 3 is 2.19 bits per heavy atom. The van der Waals surface area contributed by atoms with Crippen LogP contribution in [-0.4, -0.2) is 4.92 Å². The molecule has 0 aliphatic heterocycles. The van der Waals surface area contributed by atoms with Gasteiger partial charge >= 0.3 is 0 Å². The van der Waals surface area contributed by atoms with Crippen molar-refractivity contribution in [1.82, 2.24) is 0 Å². The van der Waals surface area contributed by atoms with Gasteiger partial charge in [-0.1, -0.05) is 52.8 Å². The Hall–Kier alpha value is -1.38. The van der Waals surface area contributed by atoms with Crippen LogP contribution in [0.25, 0.3) is 0 Å². The maximum Gasteiger partial charge on any atom is 0.276 e. The zero-order valence-electron chi connectivity index (χ0n) is 10.6. The second-order valence-electron chi connectivity index (χ2n) is 5.41. The van der Waals surface area contributed by atoms with Gasteiger partial charge in [0, 0.05) is 11.1 Å². The summed E-state index contributed by atoms with van der Waals surface area (Å²) in [6.45, 7) is 9.96. The minimum absolute atomic E-state index is 0.169. The zero-order chi connectivity index (χ0) is 12.5. The summed E-state index contributed by atoms with van der Waals surface area (Å²) in [4.78, 5) is 10.9. The first-order chi connectivity index (χ1) is 7.25. The molecule has 3 heteroatoms. The van der Waals surface area contributed by atoms with Crippen LogP contribution < -0.4 is 0 Å². The predicted octanol–water partition coefficient (Wildman–Crippen LogP) is 4.02. The molecule has 0 fully saturated rings. The Bertz CT molecular complexity index is 403. The van der Waals surface area contributed by atoms with Gasteiger partial charge in [-0.15, -0.1) is 0 Å². The summed E-state index contributed by atoms with van der Waals surface area (Å²) in [5, 5.41) is 11.2. The van der Waals surface area contributed by atoms with E-state index in [-0.39, 0.29) is 21.9 Å². The van der Waals surface area contributed by atoms with Crippen molar-refractivity contribution in [2.45, 2.75) is 46.0 Å². The van der Waals surface area contributed by atoms with Crippen LogP contribution in [-0.2, 0) is 5.41 Å². The van der Waals surface area contributed by atoms with Gasteiger partial charge in [-0.25, -0.2) is 0 Å². The third kappa shape index (κ3) is 2.40. The van der Waals surface area contributed by atoms with E-state index < -0.39 is 0 Å². The number of benzene rings is 1. The van der Waals surface area contributed by atoms with E-state index in [0.717, 1.165) is 11.1 Å². The standard InChI is InChI=1S/C13H19NO2/c1-9(2)10-7-6-8-11(13(3,4)5)12(10)14(15)16/h6-9H,1-5H3. The molecular formula is C13H19NO2. The van der Waals surface area contributed by atoms with Crippen molar-refractivity contribution in [2.75, 3.05) is 0 Å². The lowest BCUT2D eigenvalue weighted by molar-refractivity contribution is -0.386. The molecule has 0 heterocycles. The van der Waals surface area contributed by atoms with Gasteiger partial charge in [-0.05, 0) is 11.3 Å². The van der Waals surface area contributed by atoms with Gasteiger partial charge in [0.2, 0.25) is 0 Å². The van der Waals surface area contributed by atoms with Crippen molar-refractivity contribution in [3.8, 4) is 0 Å². The maximum atomic E-state index is 11.2. The van der Waals surface area contributed by atoms with Crippen LogP contribution in [0.3, 0.4) is 0 Å². The highest BCUT2D eigenvalue weighted by Crippen LogP contribution is 2.36. The zero-order valence-corrected chi connectivity index (χ0v) is 10.6.